The first kappa shape index (κ1) is 11.9. The van der Waals surface area contributed by atoms with Crippen LogP contribution in [0, 0.1) is 22.7 Å². The second-order valence-corrected chi connectivity index (χ2v) is 1.10. The second-order valence-electron chi connectivity index (χ2n) is 1.10. The predicted molar refractivity (Wildman–Crippen MR) is 33.7 cm³/mol. The molecule has 0 saturated carbocycles. The molecule has 0 aliphatic heterocycles. The third-order valence-corrected chi connectivity index (χ3v) is 0.569. The van der Waals surface area contributed by atoms with Gasteiger partial charge in [-0.3, -0.25) is 0 Å². The van der Waals surface area contributed by atoms with Gasteiger partial charge < -0.3 is 5.11 Å². The van der Waals surface area contributed by atoms with Crippen LogP contribution in [0.15, 0.2) is 11.8 Å². The number of hydrogen-bond acceptors (Lipinski definition) is 3. The molecule has 0 aliphatic carbocycles. The van der Waals surface area contributed by atoms with E-state index >= 15 is 0 Å². The maximum absolute atomic E-state index is 8.12. The summed E-state index contributed by atoms with van der Waals surface area (Å²) in [7, 11) is 0. The van der Waals surface area contributed by atoms with E-state index in [-0.39, 0.29) is 63.4 Å². The van der Waals surface area contributed by atoms with Gasteiger partial charge in [-0.2, -0.15) is 10.5 Å². The molecular weight excluding hydrogens is 143 g/mol. The quantitative estimate of drug-likeness (QED) is 0.328. The standard InChI is InChI=1S/C5H4N2O.K.H/c6-2-1-5(3-7)4-8;;/h4,8H,1H2;;/b5-4+;;. The van der Waals surface area contributed by atoms with Crippen LogP contribution in [-0.4, -0.2) is 56.5 Å². The first-order chi connectivity index (χ1) is 3.85. The van der Waals surface area contributed by atoms with E-state index in [9.17, 15) is 0 Å². The third-order valence-electron chi connectivity index (χ3n) is 0.569. The Hall–Kier alpha value is 0.156. The average Bonchev–Trinajstić information content (AvgIpc) is 1.83. The number of aliphatic hydroxyl groups is 1. The molecular formula is C5H5KN2O. The van der Waals surface area contributed by atoms with Crippen LogP contribution in [0.25, 0.3) is 0 Å². The molecule has 0 spiro atoms. The van der Waals surface area contributed by atoms with Crippen molar-refractivity contribution in [3.05, 3.63) is 11.8 Å². The van der Waals surface area contributed by atoms with Crippen LogP contribution in [0.2, 0.25) is 0 Å². The Morgan fingerprint density at radius 1 is 1.56 bits per heavy atom. The molecule has 3 nitrogen and oxygen atoms in total. The molecule has 0 aromatic rings. The average molecular weight is 148 g/mol. The number of allylic oxidation sites excluding steroid dienone is 1. The van der Waals surface area contributed by atoms with Gasteiger partial charge in [0, 0.05) is 0 Å². The molecule has 0 heterocycles. The van der Waals surface area contributed by atoms with Crippen LogP contribution < -0.4 is 0 Å². The zero-order valence-electron chi connectivity index (χ0n) is 4.13. The molecule has 0 aliphatic rings. The SMILES string of the molecule is N#CC/C(C#N)=C\O.[KH]. The van der Waals surface area contributed by atoms with Crippen molar-refractivity contribution in [3.8, 4) is 12.1 Å². The van der Waals surface area contributed by atoms with E-state index in [0.29, 0.717) is 6.26 Å². The van der Waals surface area contributed by atoms with E-state index in [4.69, 9.17) is 15.6 Å². The van der Waals surface area contributed by atoms with Crippen molar-refractivity contribution in [1.82, 2.24) is 0 Å². The minimum absolute atomic E-state index is 0. The van der Waals surface area contributed by atoms with Gasteiger partial charge in [-0.25, -0.2) is 0 Å². The molecule has 0 atom stereocenters. The first-order valence-electron chi connectivity index (χ1n) is 1.95. The van der Waals surface area contributed by atoms with E-state index < -0.39 is 0 Å². The molecule has 0 aromatic carbocycles. The van der Waals surface area contributed by atoms with Crippen LogP contribution in [-0.2, 0) is 0 Å². The number of aliphatic hydroxyl groups excluding tert-OH is 1. The summed E-state index contributed by atoms with van der Waals surface area (Å²) in [6.07, 6.45) is 0.621. The Morgan fingerprint density at radius 3 is 2.22 bits per heavy atom. The van der Waals surface area contributed by atoms with Crippen LogP contribution in [0.4, 0.5) is 0 Å². The van der Waals surface area contributed by atoms with Gasteiger partial charge >= 0.3 is 51.4 Å². The molecule has 0 rings (SSSR count). The fraction of sp³-hybridized carbons (Fsp3) is 0.200. The summed E-state index contributed by atoms with van der Waals surface area (Å²) in [6, 6.07) is 3.36. The Morgan fingerprint density at radius 2 is 2.11 bits per heavy atom. The molecule has 4 heteroatoms. The molecule has 0 saturated heterocycles. The predicted octanol–water partition coefficient (Wildman–Crippen LogP) is 0.217. The zero-order valence-corrected chi connectivity index (χ0v) is 4.13. The van der Waals surface area contributed by atoms with E-state index in [1.54, 1.807) is 12.1 Å². The van der Waals surface area contributed by atoms with E-state index in [0.717, 1.165) is 0 Å². The Labute approximate surface area is 96.0 Å². The van der Waals surface area contributed by atoms with Gasteiger partial charge in [0.15, 0.2) is 0 Å². The number of nitriles is 2. The minimum atomic E-state index is -0.0208. The summed E-state index contributed by atoms with van der Waals surface area (Å²) in [4.78, 5) is 0. The fourth-order valence-corrected chi connectivity index (χ4v) is 0.199. The van der Waals surface area contributed by atoms with Crippen LogP contribution >= 0.6 is 0 Å². The monoisotopic (exact) mass is 148 g/mol. The number of hydrogen-bond donors (Lipinski definition) is 1. The van der Waals surface area contributed by atoms with Gasteiger partial charge in [-0.05, 0) is 0 Å². The van der Waals surface area contributed by atoms with Gasteiger partial charge in [0.2, 0.25) is 0 Å². The van der Waals surface area contributed by atoms with Crippen molar-refractivity contribution in [2.45, 2.75) is 6.42 Å². The van der Waals surface area contributed by atoms with Crippen LogP contribution in [0.3, 0.4) is 0 Å². The van der Waals surface area contributed by atoms with Crippen molar-refractivity contribution in [3.63, 3.8) is 0 Å². The Bertz CT molecular complexity index is 174. The summed E-state index contributed by atoms with van der Waals surface area (Å²) in [5.74, 6) is 0. The summed E-state index contributed by atoms with van der Waals surface area (Å²) in [5, 5.41) is 24.1. The van der Waals surface area contributed by atoms with Gasteiger partial charge in [0.1, 0.15) is 0 Å². The summed E-state index contributed by atoms with van der Waals surface area (Å²) in [5.41, 5.74) is 0.0903. The van der Waals surface area contributed by atoms with Gasteiger partial charge in [0.25, 0.3) is 0 Å². The van der Waals surface area contributed by atoms with E-state index in [1.165, 1.54) is 0 Å². The zero-order chi connectivity index (χ0) is 6.41. The van der Waals surface area contributed by atoms with Crippen molar-refractivity contribution in [2.24, 2.45) is 0 Å². The molecule has 42 valence electrons. The molecule has 0 amide bonds. The second kappa shape index (κ2) is 8.16. The molecule has 1 N–H and O–H groups in total. The van der Waals surface area contributed by atoms with Gasteiger partial charge in [-0.1, -0.05) is 0 Å². The van der Waals surface area contributed by atoms with E-state index in [2.05, 4.69) is 0 Å². The Kier molecular flexibility index (Phi) is 10.8. The van der Waals surface area contributed by atoms with Crippen LogP contribution in [0.1, 0.15) is 6.42 Å². The summed E-state index contributed by atoms with van der Waals surface area (Å²) < 4.78 is 0. The van der Waals surface area contributed by atoms with Gasteiger partial charge in [0.05, 0.1) is 30.4 Å². The van der Waals surface area contributed by atoms with Crippen molar-refractivity contribution in [1.29, 1.82) is 10.5 Å². The third kappa shape index (κ3) is 6.04. The van der Waals surface area contributed by atoms with Crippen molar-refractivity contribution >= 4 is 51.4 Å². The van der Waals surface area contributed by atoms with Gasteiger partial charge in [-0.15, -0.1) is 0 Å². The van der Waals surface area contributed by atoms with E-state index in [1.807, 2.05) is 0 Å². The van der Waals surface area contributed by atoms with Crippen molar-refractivity contribution < 1.29 is 5.11 Å². The maximum atomic E-state index is 8.12. The number of nitrogens with zero attached hydrogens (tertiary/aromatic N) is 2. The molecule has 0 unspecified atom stereocenters. The molecule has 0 fully saturated rings. The summed E-state index contributed by atoms with van der Waals surface area (Å²) in [6.45, 7) is 0. The van der Waals surface area contributed by atoms with Crippen LogP contribution in [0.5, 0.6) is 0 Å². The van der Waals surface area contributed by atoms with Crippen molar-refractivity contribution in [2.75, 3.05) is 0 Å². The molecule has 0 bridgehead atoms. The fourth-order valence-electron chi connectivity index (χ4n) is 0.199. The Balaban J connectivity index is 0. The summed E-state index contributed by atoms with van der Waals surface area (Å²) >= 11 is 0. The number of rotatable bonds is 1. The first-order valence-corrected chi connectivity index (χ1v) is 1.95. The molecule has 0 aromatic heterocycles. The topological polar surface area (TPSA) is 67.8 Å². The molecule has 9 heavy (non-hydrogen) atoms. The normalized spacial score (nSPS) is 8.44. The molecule has 0 radical (unpaired) electrons.